The number of hydrogen-bond acceptors (Lipinski definition) is 7. The standard InChI is InChI=1S/C25H26N4O6/c1-16-17(2)29(14-19-5-3-11-33-19)23(20(16)13-26)27-22(30)15-35-25(32)18-7-9-28(10-8-18)24(31)21-6-4-12-34-21/h3-6,11-12,18H,7-10,14-15H2,1-2H3,(H,27,30). The Kier molecular flexibility index (Phi) is 7.06. The van der Waals surface area contributed by atoms with E-state index >= 15 is 0 Å². The summed E-state index contributed by atoms with van der Waals surface area (Å²) < 4.78 is 17.6. The largest absolute Gasteiger partial charge is 0.467 e. The van der Waals surface area contributed by atoms with Gasteiger partial charge in [0.05, 0.1) is 30.6 Å². The van der Waals surface area contributed by atoms with E-state index in [1.807, 2.05) is 19.9 Å². The maximum atomic E-state index is 12.6. The molecule has 4 heterocycles. The molecular weight excluding hydrogens is 452 g/mol. The highest BCUT2D eigenvalue weighted by atomic mass is 16.5. The molecule has 0 aromatic carbocycles. The van der Waals surface area contributed by atoms with Crippen LogP contribution in [0.3, 0.4) is 0 Å². The van der Waals surface area contributed by atoms with Crippen LogP contribution in [-0.2, 0) is 20.9 Å². The summed E-state index contributed by atoms with van der Waals surface area (Å²) in [6.45, 7) is 4.33. The zero-order valence-corrected chi connectivity index (χ0v) is 19.6. The lowest BCUT2D eigenvalue weighted by Gasteiger charge is -2.30. The minimum atomic E-state index is -0.543. The zero-order chi connectivity index (χ0) is 24.9. The third-order valence-electron chi connectivity index (χ3n) is 6.29. The number of amides is 2. The summed E-state index contributed by atoms with van der Waals surface area (Å²) in [7, 11) is 0. The fourth-order valence-corrected chi connectivity index (χ4v) is 4.18. The molecule has 3 aromatic heterocycles. The predicted octanol–water partition coefficient (Wildman–Crippen LogP) is 3.25. The predicted molar refractivity (Wildman–Crippen MR) is 123 cm³/mol. The molecule has 10 nitrogen and oxygen atoms in total. The van der Waals surface area contributed by atoms with Crippen LogP contribution >= 0.6 is 0 Å². The van der Waals surface area contributed by atoms with Crippen LogP contribution in [0.15, 0.2) is 45.6 Å². The van der Waals surface area contributed by atoms with E-state index in [2.05, 4.69) is 11.4 Å². The van der Waals surface area contributed by atoms with Crippen molar-refractivity contribution >= 4 is 23.6 Å². The molecule has 1 saturated heterocycles. The third kappa shape index (κ3) is 5.14. The first-order valence-electron chi connectivity index (χ1n) is 11.3. The quantitative estimate of drug-likeness (QED) is 0.516. The Labute approximate surface area is 202 Å². The molecular formula is C25H26N4O6. The van der Waals surface area contributed by atoms with Gasteiger partial charge in [0.25, 0.3) is 11.8 Å². The van der Waals surface area contributed by atoms with Crippen molar-refractivity contribution in [1.29, 1.82) is 5.26 Å². The number of aromatic nitrogens is 1. The van der Waals surface area contributed by atoms with Gasteiger partial charge in [-0.3, -0.25) is 14.4 Å². The SMILES string of the molecule is Cc1c(C#N)c(NC(=O)COC(=O)C2CCN(C(=O)c3ccco3)CC2)n(Cc2ccco2)c1C. The summed E-state index contributed by atoms with van der Waals surface area (Å²) >= 11 is 0. The van der Waals surface area contributed by atoms with E-state index in [4.69, 9.17) is 13.6 Å². The summed E-state index contributed by atoms with van der Waals surface area (Å²) in [6.07, 6.45) is 3.88. The van der Waals surface area contributed by atoms with Crippen molar-refractivity contribution in [2.24, 2.45) is 5.92 Å². The summed E-state index contributed by atoms with van der Waals surface area (Å²) in [5, 5.41) is 12.3. The molecule has 1 fully saturated rings. The van der Waals surface area contributed by atoms with Gasteiger partial charge in [-0.05, 0) is 56.5 Å². The number of rotatable bonds is 7. The summed E-state index contributed by atoms with van der Waals surface area (Å²) in [5.74, 6) is -0.358. The van der Waals surface area contributed by atoms with Crippen LogP contribution in [-0.4, -0.2) is 46.9 Å². The molecule has 0 unspecified atom stereocenters. The third-order valence-corrected chi connectivity index (χ3v) is 6.29. The van der Waals surface area contributed by atoms with Gasteiger partial charge >= 0.3 is 5.97 Å². The van der Waals surface area contributed by atoms with E-state index in [0.717, 1.165) is 11.3 Å². The molecule has 4 rings (SSSR count). The zero-order valence-electron chi connectivity index (χ0n) is 19.6. The Hall–Kier alpha value is -4.26. The van der Waals surface area contributed by atoms with Crippen molar-refractivity contribution in [2.45, 2.75) is 33.2 Å². The van der Waals surface area contributed by atoms with E-state index in [1.165, 1.54) is 6.26 Å². The molecule has 0 saturated carbocycles. The molecule has 3 aromatic rings. The smallest absolute Gasteiger partial charge is 0.309 e. The van der Waals surface area contributed by atoms with Crippen LogP contribution in [0.4, 0.5) is 5.82 Å². The van der Waals surface area contributed by atoms with E-state index in [0.29, 0.717) is 49.6 Å². The van der Waals surface area contributed by atoms with Gasteiger partial charge in [0.1, 0.15) is 17.6 Å². The summed E-state index contributed by atoms with van der Waals surface area (Å²) in [4.78, 5) is 39.1. The van der Waals surface area contributed by atoms with E-state index < -0.39 is 24.4 Å². The van der Waals surface area contributed by atoms with Gasteiger partial charge in [-0.1, -0.05) is 0 Å². The van der Waals surface area contributed by atoms with Crippen molar-refractivity contribution in [3.63, 3.8) is 0 Å². The normalized spacial score (nSPS) is 13.9. The van der Waals surface area contributed by atoms with E-state index in [-0.39, 0.29) is 11.7 Å². The highest BCUT2D eigenvalue weighted by Gasteiger charge is 2.30. The number of esters is 1. The highest BCUT2D eigenvalue weighted by Crippen LogP contribution is 2.27. The van der Waals surface area contributed by atoms with Gasteiger partial charge in [0, 0.05) is 18.8 Å². The van der Waals surface area contributed by atoms with Crippen LogP contribution < -0.4 is 5.32 Å². The minimum Gasteiger partial charge on any atom is -0.467 e. The van der Waals surface area contributed by atoms with Crippen LogP contribution in [0.1, 0.15) is 46.0 Å². The molecule has 10 heteroatoms. The number of anilines is 1. The van der Waals surface area contributed by atoms with Gasteiger partial charge in [-0.2, -0.15) is 5.26 Å². The second-order valence-corrected chi connectivity index (χ2v) is 8.41. The van der Waals surface area contributed by atoms with Crippen LogP contribution in [0.5, 0.6) is 0 Å². The lowest BCUT2D eigenvalue weighted by Crippen LogP contribution is -2.40. The Morgan fingerprint density at radius 1 is 1.14 bits per heavy atom. The fourth-order valence-electron chi connectivity index (χ4n) is 4.18. The summed E-state index contributed by atoms with van der Waals surface area (Å²) in [5.41, 5.74) is 1.92. The molecule has 0 bridgehead atoms. The molecule has 182 valence electrons. The average molecular weight is 479 g/mol. The first kappa shape index (κ1) is 23.9. The molecule has 1 aliphatic rings. The van der Waals surface area contributed by atoms with Gasteiger partial charge in [-0.15, -0.1) is 0 Å². The van der Waals surface area contributed by atoms with Crippen molar-refractivity contribution in [2.75, 3.05) is 25.0 Å². The first-order valence-corrected chi connectivity index (χ1v) is 11.3. The van der Waals surface area contributed by atoms with Gasteiger partial charge < -0.3 is 28.4 Å². The number of carbonyl (C=O) groups is 3. The molecule has 1 N–H and O–H groups in total. The number of furan rings is 2. The number of nitrogens with one attached hydrogen (secondary N) is 1. The van der Waals surface area contributed by atoms with Crippen molar-refractivity contribution in [1.82, 2.24) is 9.47 Å². The Balaban J connectivity index is 1.32. The topological polar surface area (TPSA) is 131 Å². The average Bonchev–Trinajstić information content (AvgIpc) is 3.62. The molecule has 35 heavy (non-hydrogen) atoms. The summed E-state index contributed by atoms with van der Waals surface area (Å²) in [6, 6.07) is 8.97. The number of hydrogen-bond donors (Lipinski definition) is 1. The van der Waals surface area contributed by atoms with Crippen LogP contribution in [0.2, 0.25) is 0 Å². The number of piperidine rings is 1. The minimum absolute atomic E-state index is 0.211. The highest BCUT2D eigenvalue weighted by molar-refractivity contribution is 5.94. The van der Waals surface area contributed by atoms with Crippen LogP contribution in [0, 0.1) is 31.1 Å². The van der Waals surface area contributed by atoms with Gasteiger partial charge in [0.15, 0.2) is 12.4 Å². The maximum absolute atomic E-state index is 12.6. The Morgan fingerprint density at radius 3 is 2.49 bits per heavy atom. The Morgan fingerprint density at radius 2 is 1.86 bits per heavy atom. The van der Waals surface area contributed by atoms with Gasteiger partial charge in [-0.25, -0.2) is 0 Å². The molecule has 0 atom stereocenters. The van der Waals surface area contributed by atoms with Crippen molar-refractivity contribution in [3.8, 4) is 6.07 Å². The molecule has 0 spiro atoms. The lowest BCUT2D eigenvalue weighted by atomic mass is 9.97. The molecule has 1 aliphatic heterocycles. The second kappa shape index (κ2) is 10.3. The lowest BCUT2D eigenvalue weighted by molar-refractivity contribution is -0.152. The number of nitriles is 1. The molecule has 2 amide bonds. The van der Waals surface area contributed by atoms with Crippen molar-refractivity contribution < 1.29 is 28.0 Å². The number of ether oxygens (including phenoxy) is 1. The van der Waals surface area contributed by atoms with Crippen LogP contribution in [0.25, 0.3) is 0 Å². The fraction of sp³-hybridized carbons (Fsp3) is 0.360. The van der Waals surface area contributed by atoms with E-state index in [1.54, 1.807) is 33.9 Å². The number of likely N-dealkylation sites (tertiary alicyclic amines) is 1. The van der Waals surface area contributed by atoms with Gasteiger partial charge in [0.2, 0.25) is 0 Å². The Bertz CT molecular complexity index is 1240. The number of carbonyl (C=O) groups excluding carboxylic acids is 3. The first-order chi connectivity index (χ1) is 16.9. The van der Waals surface area contributed by atoms with Crippen molar-refractivity contribution in [3.05, 3.63) is 65.1 Å². The monoisotopic (exact) mass is 478 g/mol. The molecule has 0 aliphatic carbocycles. The second-order valence-electron chi connectivity index (χ2n) is 8.41. The maximum Gasteiger partial charge on any atom is 0.309 e. The van der Waals surface area contributed by atoms with E-state index in [9.17, 15) is 19.6 Å². The molecule has 0 radical (unpaired) electrons. The number of nitrogens with zero attached hydrogens (tertiary/aromatic N) is 3.